The van der Waals surface area contributed by atoms with Crippen LogP contribution >= 0.6 is 0 Å². The van der Waals surface area contributed by atoms with E-state index in [-0.39, 0.29) is 23.8 Å². The Labute approximate surface area is 120 Å². The molecule has 1 aromatic rings. The van der Waals surface area contributed by atoms with Gasteiger partial charge in [-0.1, -0.05) is 6.07 Å². The first-order valence-electron chi connectivity index (χ1n) is 6.98. The molecule has 0 unspecified atom stereocenters. The molecule has 1 saturated heterocycles. The first-order chi connectivity index (χ1) is 9.91. The summed E-state index contributed by atoms with van der Waals surface area (Å²) >= 11 is 0. The summed E-state index contributed by atoms with van der Waals surface area (Å²) in [5.41, 5.74) is -0.0425. The largest absolute Gasteiger partial charge is 0.493 e. The van der Waals surface area contributed by atoms with Crippen molar-refractivity contribution in [2.24, 2.45) is 5.92 Å². The quantitative estimate of drug-likeness (QED) is 0.744. The van der Waals surface area contributed by atoms with Crippen LogP contribution in [0.15, 0.2) is 18.2 Å². The lowest BCUT2D eigenvalue weighted by Gasteiger charge is -2.46. The van der Waals surface area contributed by atoms with Crippen molar-refractivity contribution in [3.63, 3.8) is 0 Å². The topological polar surface area (TPSA) is 29.5 Å². The molecule has 3 atom stereocenters. The van der Waals surface area contributed by atoms with E-state index in [2.05, 4.69) is 0 Å². The van der Waals surface area contributed by atoms with Gasteiger partial charge in [0.1, 0.15) is 5.75 Å². The van der Waals surface area contributed by atoms with E-state index in [1.54, 1.807) is 4.90 Å². The number of benzene rings is 1. The van der Waals surface area contributed by atoms with Crippen molar-refractivity contribution in [2.45, 2.75) is 38.0 Å². The molecule has 114 valence electrons. The number of carbonyl (C=O) groups is 1. The summed E-state index contributed by atoms with van der Waals surface area (Å²) in [7, 11) is 0. The number of alkyl halides is 3. The minimum absolute atomic E-state index is 0.0944. The average molecular weight is 299 g/mol. The molecule has 2 heterocycles. The first-order valence-corrected chi connectivity index (χ1v) is 6.98. The Morgan fingerprint density at radius 3 is 2.76 bits per heavy atom. The number of fused-ring (bicyclic) bond motifs is 3. The van der Waals surface area contributed by atoms with Crippen LogP contribution < -0.4 is 4.74 Å². The second-order valence-electron chi connectivity index (χ2n) is 5.75. The number of likely N-dealkylation sites (tertiary alicyclic amines) is 1. The molecule has 3 rings (SSSR count). The number of hydrogen-bond acceptors (Lipinski definition) is 2. The van der Waals surface area contributed by atoms with Gasteiger partial charge in [0.25, 0.3) is 0 Å². The number of ether oxygens (including phenoxy) is 1. The van der Waals surface area contributed by atoms with Gasteiger partial charge >= 0.3 is 6.18 Å². The molecule has 3 nitrogen and oxygen atoms in total. The SMILES string of the molecule is C[C@@H]1CC[C@@H]2COc3cc(C(F)(F)F)ccc3[C@@H]2N1C=O. The van der Waals surface area contributed by atoms with Crippen molar-refractivity contribution in [1.82, 2.24) is 4.90 Å². The zero-order valence-corrected chi connectivity index (χ0v) is 11.6. The van der Waals surface area contributed by atoms with Crippen LogP contribution in [0.2, 0.25) is 0 Å². The zero-order valence-electron chi connectivity index (χ0n) is 11.6. The van der Waals surface area contributed by atoms with Gasteiger partial charge in [0.2, 0.25) is 6.41 Å². The second-order valence-corrected chi connectivity index (χ2v) is 5.75. The maximum Gasteiger partial charge on any atom is 0.416 e. The molecule has 2 aliphatic rings. The summed E-state index contributed by atoms with van der Waals surface area (Å²) in [6.07, 6.45) is -1.79. The van der Waals surface area contributed by atoms with Crippen LogP contribution in [0.25, 0.3) is 0 Å². The third-order valence-corrected chi connectivity index (χ3v) is 4.47. The van der Waals surface area contributed by atoms with Crippen LogP contribution in [-0.4, -0.2) is 24.0 Å². The molecule has 6 heteroatoms. The van der Waals surface area contributed by atoms with Gasteiger partial charge < -0.3 is 9.64 Å². The van der Waals surface area contributed by atoms with Crippen LogP contribution in [0.3, 0.4) is 0 Å². The number of nitrogens with zero attached hydrogens (tertiary/aromatic N) is 1. The molecule has 1 amide bonds. The van der Waals surface area contributed by atoms with Gasteiger partial charge in [-0.3, -0.25) is 4.79 Å². The molecule has 0 bridgehead atoms. The van der Waals surface area contributed by atoms with E-state index in [9.17, 15) is 18.0 Å². The lowest BCUT2D eigenvalue weighted by Crippen LogP contribution is -2.46. The third-order valence-electron chi connectivity index (χ3n) is 4.47. The third kappa shape index (κ3) is 2.36. The van der Waals surface area contributed by atoms with Gasteiger partial charge in [-0.2, -0.15) is 13.2 Å². The molecule has 1 fully saturated rings. The van der Waals surface area contributed by atoms with Gasteiger partial charge in [-0.15, -0.1) is 0 Å². The van der Waals surface area contributed by atoms with Crippen LogP contribution in [-0.2, 0) is 11.0 Å². The molecule has 0 N–H and O–H groups in total. The van der Waals surface area contributed by atoms with E-state index < -0.39 is 11.7 Å². The Kier molecular flexibility index (Phi) is 3.34. The van der Waals surface area contributed by atoms with Crippen molar-refractivity contribution < 1.29 is 22.7 Å². The van der Waals surface area contributed by atoms with Crippen molar-refractivity contribution >= 4 is 6.41 Å². The highest BCUT2D eigenvalue weighted by Gasteiger charge is 2.41. The summed E-state index contributed by atoms with van der Waals surface area (Å²) in [5.74, 6) is 0.391. The summed E-state index contributed by atoms with van der Waals surface area (Å²) in [6.45, 7) is 2.32. The Morgan fingerprint density at radius 2 is 2.10 bits per heavy atom. The smallest absolute Gasteiger partial charge is 0.416 e. The van der Waals surface area contributed by atoms with E-state index in [1.165, 1.54) is 6.07 Å². The molecule has 0 aromatic heterocycles. The highest BCUT2D eigenvalue weighted by Crippen LogP contribution is 2.46. The average Bonchev–Trinajstić information content (AvgIpc) is 2.45. The number of halogens is 3. The van der Waals surface area contributed by atoms with E-state index in [0.29, 0.717) is 12.2 Å². The first kappa shape index (κ1) is 14.2. The summed E-state index contributed by atoms with van der Waals surface area (Å²) < 4.78 is 43.8. The van der Waals surface area contributed by atoms with Crippen molar-refractivity contribution in [3.05, 3.63) is 29.3 Å². The van der Waals surface area contributed by atoms with Crippen LogP contribution in [0.1, 0.15) is 36.9 Å². The Morgan fingerprint density at radius 1 is 1.33 bits per heavy atom. The Bertz CT molecular complexity index is 558. The van der Waals surface area contributed by atoms with Gasteiger partial charge in [0.05, 0.1) is 18.2 Å². The van der Waals surface area contributed by atoms with Gasteiger partial charge in [-0.05, 0) is 31.9 Å². The molecule has 2 aliphatic heterocycles. The Hall–Kier alpha value is -1.72. The Balaban J connectivity index is 2.02. The fourth-order valence-corrected chi connectivity index (χ4v) is 3.32. The molecular formula is C15H16F3NO2. The van der Waals surface area contributed by atoms with Crippen LogP contribution in [0, 0.1) is 5.92 Å². The van der Waals surface area contributed by atoms with Crippen LogP contribution in [0.4, 0.5) is 13.2 Å². The highest BCUT2D eigenvalue weighted by atomic mass is 19.4. The van der Waals surface area contributed by atoms with Crippen LogP contribution in [0.5, 0.6) is 5.75 Å². The van der Waals surface area contributed by atoms with Gasteiger partial charge in [0.15, 0.2) is 0 Å². The van der Waals surface area contributed by atoms with Crippen molar-refractivity contribution in [2.75, 3.05) is 6.61 Å². The summed E-state index contributed by atoms with van der Waals surface area (Å²) in [5, 5.41) is 0. The molecule has 1 aromatic carbocycles. The molecule has 0 radical (unpaired) electrons. The molecule has 0 saturated carbocycles. The van der Waals surface area contributed by atoms with Crippen molar-refractivity contribution in [3.8, 4) is 5.75 Å². The minimum Gasteiger partial charge on any atom is -0.493 e. The number of amides is 1. The molecular weight excluding hydrogens is 283 g/mol. The normalized spacial score (nSPS) is 28.4. The number of carbonyl (C=O) groups excluding carboxylic acids is 1. The summed E-state index contributed by atoms with van der Waals surface area (Å²) in [6, 6.07) is 3.46. The van der Waals surface area contributed by atoms with E-state index in [4.69, 9.17) is 4.74 Å². The maximum atomic E-state index is 12.8. The van der Waals surface area contributed by atoms with Gasteiger partial charge in [-0.25, -0.2) is 0 Å². The maximum absolute atomic E-state index is 12.8. The zero-order chi connectivity index (χ0) is 15.2. The van der Waals surface area contributed by atoms with E-state index in [0.717, 1.165) is 31.4 Å². The number of rotatable bonds is 1. The molecule has 21 heavy (non-hydrogen) atoms. The predicted molar refractivity (Wildman–Crippen MR) is 69.8 cm³/mol. The monoisotopic (exact) mass is 299 g/mol. The molecule has 0 spiro atoms. The lowest BCUT2D eigenvalue weighted by atomic mass is 9.81. The van der Waals surface area contributed by atoms with Gasteiger partial charge in [0, 0.05) is 17.5 Å². The standard InChI is InChI=1S/C15H16F3NO2/c1-9-2-3-10-7-21-13-6-11(15(16,17)18)4-5-12(13)14(10)19(9)8-20/h4-6,8-10,14H,2-3,7H2,1H3/t9-,10-,14-/m1/s1. The predicted octanol–water partition coefficient (Wildman–Crippen LogP) is 3.40. The number of piperidine rings is 1. The summed E-state index contributed by atoms with van der Waals surface area (Å²) in [4.78, 5) is 13.1. The van der Waals surface area contributed by atoms with Crippen molar-refractivity contribution in [1.29, 1.82) is 0 Å². The fraction of sp³-hybridized carbons (Fsp3) is 0.533. The highest BCUT2D eigenvalue weighted by molar-refractivity contribution is 5.53. The molecule has 0 aliphatic carbocycles. The minimum atomic E-state index is -4.39. The fourth-order valence-electron chi connectivity index (χ4n) is 3.32. The second kappa shape index (κ2) is 4.93. The van der Waals surface area contributed by atoms with E-state index in [1.807, 2.05) is 6.92 Å². The lowest BCUT2D eigenvalue weighted by molar-refractivity contribution is -0.138. The number of hydrogen-bond donors (Lipinski definition) is 0. The van der Waals surface area contributed by atoms with E-state index >= 15 is 0 Å².